The number of nitrogens with two attached hydrogens (primary N) is 1. The molecule has 1 fully saturated rings. The molecule has 0 spiro atoms. The van der Waals surface area contributed by atoms with Crippen molar-refractivity contribution in [3.05, 3.63) is 0 Å². The number of amides is 1. The van der Waals surface area contributed by atoms with Crippen LogP contribution in [0.3, 0.4) is 0 Å². The molecule has 14 heavy (non-hydrogen) atoms. The first-order chi connectivity index (χ1) is 6.35. The topological polar surface area (TPSA) is 66.6 Å². The minimum Gasteiger partial charge on any atom is -0.392 e. The second-order valence-corrected chi connectivity index (χ2v) is 4.59. The van der Waals surface area contributed by atoms with Gasteiger partial charge in [0, 0.05) is 13.6 Å². The fourth-order valence-corrected chi connectivity index (χ4v) is 1.75. The minimum atomic E-state index is -0.746. The van der Waals surface area contributed by atoms with Gasteiger partial charge in [-0.2, -0.15) is 0 Å². The van der Waals surface area contributed by atoms with Crippen LogP contribution in [0.15, 0.2) is 0 Å². The van der Waals surface area contributed by atoms with E-state index in [1.54, 1.807) is 20.9 Å². The maximum atomic E-state index is 11.9. The number of carbonyl (C=O) groups excluding carboxylic acids is 1. The zero-order valence-electron chi connectivity index (χ0n) is 9.16. The second-order valence-electron chi connectivity index (χ2n) is 4.59. The molecule has 0 aromatic heterocycles. The van der Waals surface area contributed by atoms with E-state index in [1.165, 1.54) is 4.90 Å². The van der Waals surface area contributed by atoms with Crippen molar-refractivity contribution < 1.29 is 9.90 Å². The molecule has 1 aliphatic carbocycles. The van der Waals surface area contributed by atoms with E-state index < -0.39 is 11.6 Å². The van der Waals surface area contributed by atoms with Crippen LogP contribution in [0.1, 0.15) is 26.7 Å². The molecule has 0 bridgehead atoms. The van der Waals surface area contributed by atoms with Crippen LogP contribution >= 0.6 is 0 Å². The van der Waals surface area contributed by atoms with Gasteiger partial charge in [0.25, 0.3) is 0 Å². The number of aliphatic hydroxyl groups excluding tert-OH is 1. The summed E-state index contributed by atoms with van der Waals surface area (Å²) in [6.45, 7) is 3.79. The van der Waals surface area contributed by atoms with Gasteiger partial charge in [0.1, 0.15) is 0 Å². The lowest BCUT2D eigenvalue weighted by molar-refractivity contribution is -0.137. The van der Waals surface area contributed by atoms with E-state index in [1.807, 2.05) is 0 Å². The summed E-state index contributed by atoms with van der Waals surface area (Å²) in [7, 11) is 1.68. The van der Waals surface area contributed by atoms with Crippen molar-refractivity contribution >= 4 is 5.91 Å². The zero-order valence-corrected chi connectivity index (χ0v) is 9.16. The molecule has 0 aromatic carbocycles. The van der Waals surface area contributed by atoms with E-state index in [0.717, 1.165) is 12.8 Å². The Morgan fingerprint density at radius 2 is 2.21 bits per heavy atom. The first kappa shape index (κ1) is 11.5. The molecule has 0 aliphatic heterocycles. The Balaban J connectivity index is 2.54. The van der Waals surface area contributed by atoms with E-state index in [2.05, 4.69) is 0 Å². The van der Waals surface area contributed by atoms with Crippen molar-refractivity contribution in [1.29, 1.82) is 0 Å². The van der Waals surface area contributed by atoms with Crippen LogP contribution in [0.4, 0.5) is 0 Å². The predicted molar refractivity (Wildman–Crippen MR) is 54.6 cm³/mol. The molecule has 3 N–H and O–H groups in total. The highest BCUT2D eigenvalue weighted by Crippen LogP contribution is 2.38. The third-order valence-corrected chi connectivity index (χ3v) is 2.77. The SMILES string of the molecule is CC(O)CN(C)C(=O)C(C)(N)C1CC1. The lowest BCUT2D eigenvalue weighted by Crippen LogP contribution is -2.54. The average molecular weight is 200 g/mol. The van der Waals surface area contributed by atoms with Crippen LogP contribution in [0, 0.1) is 5.92 Å². The van der Waals surface area contributed by atoms with Gasteiger partial charge in [0.2, 0.25) is 5.91 Å². The molecule has 1 saturated carbocycles. The van der Waals surface area contributed by atoms with Gasteiger partial charge >= 0.3 is 0 Å². The Labute approximate surface area is 85.1 Å². The van der Waals surface area contributed by atoms with E-state index in [4.69, 9.17) is 10.8 Å². The summed E-state index contributed by atoms with van der Waals surface area (Å²) in [5.41, 5.74) is 5.22. The molecular formula is C10H20N2O2. The summed E-state index contributed by atoms with van der Waals surface area (Å²) in [4.78, 5) is 13.4. The molecule has 0 heterocycles. The lowest BCUT2D eigenvalue weighted by atomic mass is 9.95. The summed E-state index contributed by atoms with van der Waals surface area (Å²) < 4.78 is 0. The smallest absolute Gasteiger partial charge is 0.242 e. The lowest BCUT2D eigenvalue weighted by Gasteiger charge is -2.29. The number of aliphatic hydroxyl groups is 1. The van der Waals surface area contributed by atoms with Crippen molar-refractivity contribution in [2.45, 2.75) is 38.3 Å². The average Bonchev–Trinajstić information content (AvgIpc) is 2.83. The van der Waals surface area contributed by atoms with Gasteiger partial charge in [-0.05, 0) is 32.6 Å². The van der Waals surface area contributed by atoms with Crippen LogP contribution in [-0.2, 0) is 4.79 Å². The molecule has 1 rings (SSSR count). The second kappa shape index (κ2) is 3.87. The summed E-state index contributed by atoms with van der Waals surface area (Å²) >= 11 is 0. The van der Waals surface area contributed by atoms with E-state index >= 15 is 0 Å². The maximum absolute atomic E-state index is 11.9. The first-order valence-electron chi connectivity index (χ1n) is 5.08. The fourth-order valence-electron chi connectivity index (χ4n) is 1.75. The van der Waals surface area contributed by atoms with Crippen LogP contribution in [0.2, 0.25) is 0 Å². The van der Waals surface area contributed by atoms with Gasteiger partial charge in [-0.3, -0.25) is 4.79 Å². The van der Waals surface area contributed by atoms with Crippen molar-refractivity contribution in [3.63, 3.8) is 0 Å². The van der Waals surface area contributed by atoms with Gasteiger partial charge in [-0.15, -0.1) is 0 Å². The third kappa shape index (κ3) is 2.45. The Morgan fingerprint density at radius 1 is 1.71 bits per heavy atom. The van der Waals surface area contributed by atoms with Crippen LogP contribution < -0.4 is 5.73 Å². The zero-order chi connectivity index (χ0) is 10.9. The van der Waals surface area contributed by atoms with Crippen molar-refractivity contribution in [1.82, 2.24) is 4.90 Å². The summed E-state index contributed by atoms with van der Waals surface area (Å²) in [6.07, 6.45) is 1.58. The standard InChI is InChI=1S/C10H20N2O2/c1-7(13)6-12(3)9(14)10(2,11)8-4-5-8/h7-8,13H,4-6,11H2,1-3H3. The van der Waals surface area contributed by atoms with Gasteiger partial charge < -0.3 is 15.7 Å². The largest absolute Gasteiger partial charge is 0.392 e. The van der Waals surface area contributed by atoms with Crippen LogP contribution in [0.25, 0.3) is 0 Å². The van der Waals surface area contributed by atoms with Gasteiger partial charge in [-0.25, -0.2) is 0 Å². The Morgan fingerprint density at radius 3 is 2.57 bits per heavy atom. The predicted octanol–water partition coefficient (Wildman–Crippen LogP) is -0.0470. The van der Waals surface area contributed by atoms with E-state index in [9.17, 15) is 4.79 Å². The number of hydrogen-bond acceptors (Lipinski definition) is 3. The van der Waals surface area contributed by atoms with Crippen molar-refractivity contribution in [3.8, 4) is 0 Å². The molecular weight excluding hydrogens is 180 g/mol. The number of nitrogens with zero attached hydrogens (tertiary/aromatic N) is 1. The maximum Gasteiger partial charge on any atom is 0.242 e. The fraction of sp³-hybridized carbons (Fsp3) is 0.900. The van der Waals surface area contributed by atoms with E-state index in [-0.39, 0.29) is 5.91 Å². The Kier molecular flexibility index (Phi) is 3.17. The highest BCUT2D eigenvalue weighted by Gasteiger charge is 2.45. The summed E-state index contributed by atoms with van der Waals surface area (Å²) in [6, 6.07) is 0. The molecule has 4 nitrogen and oxygen atoms in total. The number of likely N-dealkylation sites (N-methyl/N-ethyl adjacent to an activating group) is 1. The molecule has 0 radical (unpaired) electrons. The molecule has 82 valence electrons. The van der Waals surface area contributed by atoms with Crippen molar-refractivity contribution in [2.24, 2.45) is 11.7 Å². The monoisotopic (exact) mass is 200 g/mol. The Hall–Kier alpha value is -0.610. The highest BCUT2D eigenvalue weighted by atomic mass is 16.3. The summed E-state index contributed by atoms with van der Waals surface area (Å²) in [5.74, 6) is 0.257. The quantitative estimate of drug-likeness (QED) is 0.669. The van der Waals surface area contributed by atoms with Crippen LogP contribution in [-0.4, -0.2) is 41.1 Å². The molecule has 0 saturated heterocycles. The van der Waals surface area contributed by atoms with E-state index in [0.29, 0.717) is 12.5 Å². The van der Waals surface area contributed by atoms with Crippen LogP contribution in [0.5, 0.6) is 0 Å². The Bertz CT molecular complexity index is 222. The molecule has 2 unspecified atom stereocenters. The molecule has 1 aliphatic rings. The number of rotatable bonds is 4. The summed E-state index contributed by atoms with van der Waals surface area (Å²) in [5, 5.41) is 9.16. The molecule has 1 amide bonds. The molecule has 0 aromatic rings. The molecule has 4 heteroatoms. The number of hydrogen-bond donors (Lipinski definition) is 2. The normalized spacial score (nSPS) is 22.6. The van der Waals surface area contributed by atoms with Crippen molar-refractivity contribution in [2.75, 3.05) is 13.6 Å². The van der Waals surface area contributed by atoms with Gasteiger partial charge in [0.05, 0.1) is 11.6 Å². The molecule has 2 atom stereocenters. The minimum absolute atomic E-state index is 0.0686. The third-order valence-electron chi connectivity index (χ3n) is 2.77. The first-order valence-corrected chi connectivity index (χ1v) is 5.08. The van der Waals surface area contributed by atoms with Gasteiger partial charge in [-0.1, -0.05) is 0 Å². The number of carbonyl (C=O) groups is 1. The highest BCUT2D eigenvalue weighted by molar-refractivity contribution is 5.86. The van der Waals surface area contributed by atoms with Gasteiger partial charge in [0.15, 0.2) is 0 Å².